The maximum Gasteiger partial charge on any atom is 0.164 e. The van der Waals surface area contributed by atoms with Gasteiger partial charge < -0.3 is 14.1 Å². The minimum Gasteiger partial charge on any atom is -0.512 e. The zero-order valence-corrected chi connectivity index (χ0v) is 32.4. The molecule has 3 aromatic heterocycles. The van der Waals surface area contributed by atoms with Crippen LogP contribution in [-0.2, 0) is 30.3 Å². The molecule has 0 spiro atoms. The van der Waals surface area contributed by atoms with E-state index in [-0.39, 0.29) is 47.9 Å². The van der Waals surface area contributed by atoms with E-state index in [0.717, 1.165) is 64.4 Å². The molecule has 0 saturated carbocycles. The Balaban J connectivity index is 0.000000301. The summed E-state index contributed by atoms with van der Waals surface area (Å²) in [6.07, 6.45) is 12.1. The van der Waals surface area contributed by atoms with Crippen LogP contribution in [0.25, 0.3) is 44.1 Å². The van der Waals surface area contributed by atoms with Gasteiger partial charge in [-0.25, -0.2) is 0 Å². The third-order valence-corrected chi connectivity index (χ3v) is 10.2. The first-order valence-corrected chi connectivity index (χ1v) is 16.8. The smallest absolute Gasteiger partial charge is 0.164 e. The fraction of sp³-hybridized carbons (Fsp3) is 0.381. The van der Waals surface area contributed by atoms with Crippen molar-refractivity contribution in [3.63, 3.8) is 0 Å². The number of carbonyl (C=O) groups is 1. The molecular weight excluding hydrogens is 773 g/mol. The zero-order chi connectivity index (χ0) is 34.6. The Morgan fingerprint density at radius 1 is 0.938 bits per heavy atom. The van der Waals surface area contributed by atoms with Crippen LogP contribution in [0.15, 0.2) is 89.6 Å². The van der Waals surface area contributed by atoms with E-state index in [2.05, 4.69) is 75.3 Å². The number of aliphatic hydroxyl groups excluding tert-OH is 1. The van der Waals surface area contributed by atoms with E-state index < -0.39 is 0 Å². The summed E-state index contributed by atoms with van der Waals surface area (Å²) in [4.78, 5) is 16.6. The summed E-state index contributed by atoms with van der Waals surface area (Å²) in [6, 6.07) is 20.4. The first-order chi connectivity index (χ1) is 22.2. The Bertz CT molecular complexity index is 1890. The number of allylic oxidation sites excluding steroid dienone is 2. The average Bonchev–Trinajstić information content (AvgIpc) is 3.56. The van der Waals surface area contributed by atoms with Crippen molar-refractivity contribution in [1.82, 2.24) is 4.98 Å². The third-order valence-electron chi connectivity index (χ3n) is 10.2. The normalized spacial score (nSPS) is 12.4. The van der Waals surface area contributed by atoms with Gasteiger partial charge in [0.2, 0.25) is 0 Å². The van der Waals surface area contributed by atoms with Gasteiger partial charge in [-0.3, -0.25) is 9.78 Å². The van der Waals surface area contributed by atoms with Crippen LogP contribution in [0.2, 0.25) is 0 Å². The fourth-order valence-electron chi connectivity index (χ4n) is 5.70. The number of furan rings is 1. The van der Waals surface area contributed by atoms with E-state index in [1.807, 2.05) is 76.8 Å². The largest absolute Gasteiger partial charge is 0.512 e. The topological polar surface area (TPSA) is 67.2 Å². The number of hydrogen-bond donors (Lipinski definition) is 1. The number of carbonyl (C=O) groups excluding carboxylic acids is 1. The monoisotopic (exact) mass is 824 g/mol. The minimum absolute atomic E-state index is 0. The molecule has 0 aliphatic heterocycles. The maximum atomic E-state index is 12.2. The van der Waals surface area contributed by atoms with Crippen molar-refractivity contribution in [2.24, 2.45) is 10.8 Å². The molecule has 1 radical (unpaired) electrons. The Hall–Kier alpha value is -3.73. The predicted octanol–water partition coefficient (Wildman–Crippen LogP) is 11.0. The number of rotatable bonds is 9. The molecule has 5 rings (SSSR count). The van der Waals surface area contributed by atoms with E-state index in [1.165, 1.54) is 17.0 Å². The van der Waals surface area contributed by atoms with Crippen molar-refractivity contribution in [3.8, 4) is 22.4 Å². The number of fused-ring (bicyclic) bond motifs is 2. The molecule has 0 saturated heterocycles. The van der Waals surface area contributed by atoms with Crippen molar-refractivity contribution >= 4 is 27.5 Å². The third kappa shape index (κ3) is 8.10. The second-order valence-electron chi connectivity index (χ2n) is 14.1. The van der Waals surface area contributed by atoms with Crippen LogP contribution in [0, 0.1) is 23.9 Å². The van der Waals surface area contributed by atoms with Crippen LogP contribution in [0.3, 0.4) is 0 Å². The van der Waals surface area contributed by atoms with E-state index in [0.29, 0.717) is 0 Å². The van der Waals surface area contributed by atoms with Crippen LogP contribution < -0.4 is 4.57 Å². The molecule has 0 aliphatic carbocycles. The molecular formula is C42H51IrN2O3-. The molecule has 5 nitrogen and oxygen atoms in total. The maximum absolute atomic E-state index is 12.2. The van der Waals surface area contributed by atoms with Gasteiger partial charge in [-0.1, -0.05) is 91.5 Å². The molecule has 5 aromatic rings. The minimum atomic E-state index is -0.337. The average molecular weight is 824 g/mol. The molecule has 3 heterocycles. The summed E-state index contributed by atoms with van der Waals surface area (Å²) in [5.74, 6) is 0.286. The van der Waals surface area contributed by atoms with Crippen molar-refractivity contribution < 1.29 is 39.0 Å². The summed E-state index contributed by atoms with van der Waals surface area (Å²) in [5.41, 5.74) is 5.57. The van der Waals surface area contributed by atoms with Gasteiger partial charge in [0.15, 0.2) is 5.78 Å². The van der Waals surface area contributed by atoms with Gasteiger partial charge in [0.25, 0.3) is 0 Å². The summed E-state index contributed by atoms with van der Waals surface area (Å²) >= 11 is 0. The number of aromatic nitrogens is 2. The van der Waals surface area contributed by atoms with Crippen molar-refractivity contribution in [2.75, 3.05) is 0 Å². The molecule has 1 N–H and O–H groups in total. The van der Waals surface area contributed by atoms with Gasteiger partial charge in [-0.2, -0.15) is 0 Å². The molecule has 2 aromatic carbocycles. The Labute approximate surface area is 300 Å². The van der Waals surface area contributed by atoms with E-state index in [9.17, 15) is 9.90 Å². The predicted molar refractivity (Wildman–Crippen MR) is 194 cm³/mol. The van der Waals surface area contributed by atoms with Crippen LogP contribution >= 0.6 is 0 Å². The van der Waals surface area contributed by atoms with Gasteiger partial charge in [0.1, 0.15) is 17.0 Å². The number of hydrogen-bond acceptors (Lipinski definition) is 4. The van der Waals surface area contributed by atoms with Crippen LogP contribution in [0.4, 0.5) is 0 Å². The number of nitrogens with zero attached hydrogens (tertiary/aromatic N) is 2. The fourth-order valence-corrected chi connectivity index (χ4v) is 5.70. The van der Waals surface area contributed by atoms with Crippen LogP contribution in [0.1, 0.15) is 93.6 Å². The van der Waals surface area contributed by atoms with Crippen molar-refractivity contribution in [2.45, 2.75) is 93.4 Å². The van der Waals surface area contributed by atoms with Gasteiger partial charge in [-0.15, -0.1) is 29.1 Å². The van der Waals surface area contributed by atoms with Gasteiger partial charge >= 0.3 is 0 Å². The Morgan fingerprint density at radius 3 is 2.21 bits per heavy atom. The van der Waals surface area contributed by atoms with E-state index >= 15 is 0 Å². The Morgan fingerprint density at radius 2 is 1.58 bits per heavy atom. The van der Waals surface area contributed by atoms with E-state index in [4.69, 9.17) is 4.42 Å². The summed E-state index contributed by atoms with van der Waals surface area (Å²) in [7, 11) is 4.21. The quantitative estimate of drug-likeness (QED) is 0.0696. The van der Waals surface area contributed by atoms with Gasteiger partial charge in [0.05, 0.1) is 12.5 Å². The van der Waals surface area contributed by atoms with Crippen LogP contribution in [0.5, 0.6) is 0 Å². The number of benzene rings is 2. The SMILES string of the molecule is CCC(C)(CC)C(=O)/C=C(\O)C(C)(CC)CC.[CH2-][n+]1ccc(-c2cncc3ccoc23)cc1-c1[c-]c2ccccc2c(C(C)(C)C)c1.[Ir]. The molecule has 0 unspecified atom stereocenters. The van der Waals surface area contributed by atoms with E-state index in [1.54, 1.807) is 6.26 Å². The summed E-state index contributed by atoms with van der Waals surface area (Å²) < 4.78 is 7.63. The number of pyridine rings is 2. The van der Waals surface area contributed by atoms with Gasteiger partial charge in [0, 0.05) is 67.4 Å². The first-order valence-electron chi connectivity index (χ1n) is 16.8. The number of ketones is 1. The van der Waals surface area contributed by atoms with Crippen molar-refractivity contribution in [1.29, 1.82) is 0 Å². The summed E-state index contributed by atoms with van der Waals surface area (Å²) in [5, 5.41) is 13.5. The molecule has 0 amide bonds. The second kappa shape index (κ2) is 15.7. The zero-order valence-electron chi connectivity index (χ0n) is 30.0. The molecule has 257 valence electrons. The van der Waals surface area contributed by atoms with Gasteiger partial charge in [-0.05, 0) is 54.9 Å². The molecule has 0 fully saturated rings. The molecule has 48 heavy (non-hydrogen) atoms. The summed E-state index contributed by atoms with van der Waals surface area (Å²) in [6.45, 7) is 18.8. The van der Waals surface area contributed by atoms with Crippen molar-refractivity contribution in [3.05, 3.63) is 104 Å². The standard InChI is InChI=1S/C27H23N2O.C15H28O2.Ir/c1-27(2,3)24-14-21(13-18-7-5-6-8-22(18)24)25-15-19(9-11-29(25)4)23-17-28-16-20-10-12-30-26(20)23;1-7-14(5,8-2)12(16)11-13(17)15(6,9-3)10-4;/h5-12,14-17H,4H2,1-3H3;11,16H,7-10H2,1-6H3;/q-1;;/b;12-11-;. The molecule has 0 aliphatic rings. The molecule has 0 atom stereocenters. The molecule has 0 bridgehead atoms. The number of aliphatic hydroxyl groups is 1. The Kier molecular flexibility index (Phi) is 12.6. The van der Waals surface area contributed by atoms with Crippen LogP contribution in [-0.4, -0.2) is 15.9 Å². The first kappa shape index (κ1) is 38.7. The second-order valence-corrected chi connectivity index (χ2v) is 14.1. The molecule has 6 heteroatoms.